The third-order valence-corrected chi connectivity index (χ3v) is 4.69. The number of tetrazole rings is 1. The molecule has 0 radical (unpaired) electrons. The number of ether oxygens (including phenoxy) is 1. The van der Waals surface area contributed by atoms with Crippen molar-refractivity contribution >= 4 is 5.91 Å². The average molecular weight is 322 g/mol. The normalized spacial score (nSPS) is 23.3. The van der Waals surface area contributed by atoms with Crippen molar-refractivity contribution in [2.45, 2.75) is 51.8 Å². The summed E-state index contributed by atoms with van der Waals surface area (Å²) in [4.78, 5) is 14.4. The lowest BCUT2D eigenvalue weighted by molar-refractivity contribution is -0.122. The monoisotopic (exact) mass is 322 g/mol. The van der Waals surface area contributed by atoms with E-state index < -0.39 is 0 Å². The van der Waals surface area contributed by atoms with E-state index in [0.717, 1.165) is 44.3 Å². The SMILES string of the molecule is CC1CCN(Cc2nnnn2CC(=O)NCC2CCCO2)CC1. The second-order valence-electron chi connectivity index (χ2n) is 6.65. The second-order valence-corrected chi connectivity index (χ2v) is 6.65. The van der Waals surface area contributed by atoms with Gasteiger partial charge in [0.25, 0.3) is 0 Å². The number of piperidine rings is 1. The number of carbonyl (C=O) groups is 1. The van der Waals surface area contributed by atoms with Crippen LogP contribution in [0.2, 0.25) is 0 Å². The minimum absolute atomic E-state index is 0.0682. The molecule has 3 heterocycles. The smallest absolute Gasteiger partial charge is 0.241 e. The van der Waals surface area contributed by atoms with Crippen LogP contribution in [0.1, 0.15) is 38.4 Å². The van der Waals surface area contributed by atoms with Crippen LogP contribution >= 0.6 is 0 Å². The highest BCUT2D eigenvalue weighted by atomic mass is 16.5. The molecule has 3 rings (SSSR count). The molecule has 2 fully saturated rings. The Morgan fingerprint density at radius 3 is 2.91 bits per heavy atom. The van der Waals surface area contributed by atoms with E-state index in [1.807, 2.05) is 0 Å². The Morgan fingerprint density at radius 2 is 2.17 bits per heavy atom. The summed E-state index contributed by atoms with van der Waals surface area (Å²) in [5.74, 6) is 1.49. The number of amides is 1. The van der Waals surface area contributed by atoms with Crippen molar-refractivity contribution in [1.29, 1.82) is 0 Å². The predicted molar refractivity (Wildman–Crippen MR) is 83.5 cm³/mol. The van der Waals surface area contributed by atoms with Gasteiger partial charge in [0.05, 0.1) is 12.6 Å². The standard InChI is InChI=1S/C15H26N6O2/c1-12-4-6-20(7-5-12)10-14-17-18-19-21(14)11-15(22)16-9-13-3-2-8-23-13/h12-13H,2-11H2,1H3,(H,16,22). The maximum atomic E-state index is 12.1. The quantitative estimate of drug-likeness (QED) is 0.805. The molecule has 2 aliphatic rings. The molecule has 2 saturated heterocycles. The van der Waals surface area contributed by atoms with Crippen LogP contribution in [0, 0.1) is 5.92 Å². The Kier molecular flexibility index (Phi) is 5.56. The fourth-order valence-electron chi connectivity index (χ4n) is 3.10. The van der Waals surface area contributed by atoms with E-state index in [9.17, 15) is 4.79 Å². The number of hydrogen-bond donors (Lipinski definition) is 1. The molecule has 1 aromatic rings. The van der Waals surface area contributed by atoms with Gasteiger partial charge < -0.3 is 10.1 Å². The molecule has 1 amide bonds. The minimum atomic E-state index is -0.0682. The summed E-state index contributed by atoms with van der Waals surface area (Å²) in [5.41, 5.74) is 0. The van der Waals surface area contributed by atoms with Crippen molar-refractivity contribution in [3.63, 3.8) is 0 Å². The van der Waals surface area contributed by atoms with Gasteiger partial charge in [0.15, 0.2) is 5.82 Å². The Balaban J connectivity index is 1.46. The highest BCUT2D eigenvalue weighted by Gasteiger charge is 2.20. The van der Waals surface area contributed by atoms with E-state index in [0.29, 0.717) is 13.1 Å². The van der Waals surface area contributed by atoms with E-state index in [1.54, 1.807) is 4.68 Å². The van der Waals surface area contributed by atoms with Crippen LogP contribution in [-0.2, 0) is 22.6 Å². The summed E-state index contributed by atoms with van der Waals surface area (Å²) >= 11 is 0. The van der Waals surface area contributed by atoms with E-state index >= 15 is 0 Å². The van der Waals surface area contributed by atoms with Gasteiger partial charge in [-0.1, -0.05) is 6.92 Å². The topological polar surface area (TPSA) is 85.2 Å². The fraction of sp³-hybridized carbons (Fsp3) is 0.867. The van der Waals surface area contributed by atoms with Crippen LogP contribution in [0.3, 0.4) is 0 Å². The molecule has 128 valence electrons. The van der Waals surface area contributed by atoms with Gasteiger partial charge in [0, 0.05) is 13.2 Å². The summed E-state index contributed by atoms with van der Waals surface area (Å²) in [6, 6.07) is 0. The van der Waals surface area contributed by atoms with Gasteiger partial charge in [-0.15, -0.1) is 5.10 Å². The maximum Gasteiger partial charge on any atom is 0.241 e. The van der Waals surface area contributed by atoms with E-state index in [-0.39, 0.29) is 18.6 Å². The molecule has 0 saturated carbocycles. The second kappa shape index (κ2) is 7.83. The molecular weight excluding hydrogens is 296 g/mol. The molecule has 23 heavy (non-hydrogen) atoms. The zero-order chi connectivity index (χ0) is 16.1. The van der Waals surface area contributed by atoms with Crippen LogP contribution in [-0.4, -0.2) is 63.4 Å². The molecule has 1 unspecified atom stereocenters. The van der Waals surface area contributed by atoms with Crippen molar-refractivity contribution in [2.24, 2.45) is 5.92 Å². The van der Waals surface area contributed by atoms with E-state index in [4.69, 9.17) is 4.74 Å². The zero-order valence-electron chi connectivity index (χ0n) is 13.8. The first-order valence-corrected chi connectivity index (χ1v) is 8.56. The number of nitrogens with one attached hydrogen (secondary N) is 1. The molecule has 0 bridgehead atoms. The van der Waals surface area contributed by atoms with Gasteiger partial charge in [0.2, 0.25) is 5.91 Å². The molecule has 1 aromatic heterocycles. The van der Waals surface area contributed by atoms with Gasteiger partial charge in [-0.2, -0.15) is 0 Å². The predicted octanol–water partition coefficient (Wildman–Crippen LogP) is 0.200. The number of rotatable bonds is 6. The van der Waals surface area contributed by atoms with Crippen LogP contribution in [0.25, 0.3) is 0 Å². The zero-order valence-corrected chi connectivity index (χ0v) is 13.8. The minimum Gasteiger partial charge on any atom is -0.376 e. The van der Waals surface area contributed by atoms with Crippen molar-refractivity contribution < 1.29 is 9.53 Å². The highest BCUT2D eigenvalue weighted by molar-refractivity contribution is 5.75. The molecule has 8 nitrogen and oxygen atoms in total. The van der Waals surface area contributed by atoms with Gasteiger partial charge in [-0.05, 0) is 55.1 Å². The third-order valence-electron chi connectivity index (χ3n) is 4.69. The number of hydrogen-bond acceptors (Lipinski definition) is 6. The molecule has 0 aliphatic carbocycles. The Bertz CT molecular complexity index is 506. The average Bonchev–Trinajstić information content (AvgIpc) is 3.20. The van der Waals surface area contributed by atoms with Gasteiger partial charge in [0.1, 0.15) is 6.54 Å². The lowest BCUT2D eigenvalue weighted by atomic mass is 9.99. The largest absolute Gasteiger partial charge is 0.376 e. The summed E-state index contributed by atoms with van der Waals surface area (Å²) in [6.45, 7) is 6.67. The summed E-state index contributed by atoms with van der Waals surface area (Å²) in [6.07, 6.45) is 4.67. The molecular formula is C15H26N6O2. The molecule has 8 heteroatoms. The number of aromatic nitrogens is 4. The van der Waals surface area contributed by atoms with Crippen LogP contribution in [0.15, 0.2) is 0 Å². The number of carbonyl (C=O) groups excluding carboxylic acids is 1. The first-order chi connectivity index (χ1) is 11.2. The first-order valence-electron chi connectivity index (χ1n) is 8.56. The van der Waals surface area contributed by atoms with Crippen molar-refractivity contribution in [3.05, 3.63) is 5.82 Å². The Morgan fingerprint density at radius 1 is 1.35 bits per heavy atom. The summed E-state index contributed by atoms with van der Waals surface area (Å²) < 4.78 is 7.10. The summed E-state index contributed by atoms with van der Waals surface area (Å²) in [7, 11) is 0. The molecule has 1 N–H and O–H groups in total. The lowest BCUT2D eigenvalue weighted by Gasteiger charge is -2.29. The van der Waals surface area contributed by atoms with Gasteiger partial charge >= 0.3 is 0 Å². The highest BCUT2D eigenvalue weighted by Crippen LogP contribution is 2.17. The Hall–Kier alpha value is -1.54. The van der Waals surface area contributed by atoms with Gasteiger partial charge in [-0.3, -0.25) is 9.69 Å². The Labute approximate surface area is 136 Å². The number of likely N-dealkylation sites (tertiary alicyclic amines) is 1. The molecule has 1 atom stereocenters. The van der Waals surface area contributed by atoms with Gasteiger partial charge in [-0.25, -0.2) is 4.68 Å². The molecule has 0 aromatic carbocycles. The van der Waals surface area contributed by atoms with E-state index in [2.05, 4.69) is 32.7 Å². The fourth-order valence-corrected chi connectivity index (χ4v) is 3.10. The molecule has 2 aliphatic heterocycles. The van der Waals surface area contributed by atoms with Crippen molar-refractivity contribution in [3.8, 4) is 0 Å². The summed E-state index contributed by atoms with van der Waals surface area (Å²) in [5, 5.41) is 14.7. The van der Waals surface area contributed by atoms with Crippen molar-refractivity contribution in [1.82, 2.24) is 30.4 Å². The lowest BCUT2D eigenvalue weighted by Crippen LogP contribution is -2.36. The first kappa shape index (κ1) is 16.3. The van der Waals surface area contributed by atoms with Crippen LogP contribution in [0.4, 0.5) is 0 Å². The number of nitrogens with zero attached hydrogens (tertiary/aromatic N) is 5. The van der Waals surface area contributed by atoms with Crippen molar-refractivity contribution in [2.75, 3.05) is 26.2 Å². The van der Waals surface area contributed by atoms with E-state index in [1.165, 1.54) is 12.8 Å². The van der Waals surface area contributed by atoms with Crippen LogP contribution in [0.5, 0.6) is 0 Å². The third kappa shape index (κ3) is 4.71. The van der Waals surface area contributed by atoms with Crippen LogP contribution < -0.4 is 5.32 Å². The molecule has 0 spiro atoms. The maximum absolute atomic E-state index is 12.1.